The van der Waals surface area contributed by atoms with Gasteiger partial charge < -0.3 is 24.8 Å². The number of halogens is 4. The second-order valence-corrected chi connectivity index (χ2v) is 14.7. The number of sulfonamides is 1. The molecule has 3 aromatic rings. The number of methoxy groups -OCH3 is 1. The van der Waals surface area contributed by atoms with E-state index in [1.165, 1.54) is 31.4 Å². The molecule has 11 nitrogen and oxygen atoms in total. The van der Waals surface area contributed by atoms with Gasteiger partial charge in [-0.25, -0.2) is 13.4 Å². The Balaban J connectivity index is 1.17. The number of nitrogens with zero attached hydrogens (tertiary/aromatic N) is 1. The fraction of sp³-hybridized carbons (Fsp3) is 0.414. The predicted molar refractivity (Wildman–Crippen MR) is 165 cm³/mol. The third-order valence-corrected chi connectivity index (χ3v) is 11.2. The van der Waals surface area contributed by atoms with Crippen LogP contribution in [0.3, 0.4) is 0 Å². The second kappa shape index (κ2) is 11.8. The van der Waals surface area contributed by atoms with Crippen molar-refractivity contribution >= 4 is 55.2 Å². The summed E-state index contributed by atoms with van der Waals surface area (Å²) in [5.41, 5.74) is -0.349. The van der Waals surface area contributed by atoms with E-state index in [1.807, 2.05) is 22.6 Å². The van der Waals surface area contributed by atoms with Gasteiger partial charge in [0, 0.05) is 27.8 Å². The second-order valence-electron chi connectivity index (χ2n) is 11.2. The first kappa shape index (κ1) is 31.6. The number of ether oxygens (including phenoxy) is 3. The Hall–Kier alpha value is -3.38. The van der Waals surface area contributed by atoms with Crippen LogP contribution in [-0.4, -0.2) is 72.1 Å². The van der Waals surface area contributed by atoms with Crippen LogP contribution in [0.1, 0.15) is 25.7 Å². The summed E-state index contributed by atoms with van der Waals surface area (Å²) in [6, 6.07) is 11.7. The van der Waals surface area contributed by atoms with E-state index >= 15 is 0 Å². The molecular weight excluding hydrogens is 732 g/mol. The highest BCUT2D eigenvalue weighted by Crippen LogP contribution is 2.44. The van der Waals surface area contributed by atoms with Gasteiger partial charge in [0.25, 0.3) is 5.91 Å². The zero-order chi connectivity index (χ0) is 32.1. The Bertz CT molecular complexity index is 1760. The first-order valence-electron chi connectivity index (χ1n) is 14.0. The summed E-state index contributed by atoms with van der Waals surface area (Å²) in [5, 5.41) is 6.66. The molecule has 16 heteroatoms. The molecular formula is C29H28F3IN4O7S. The molecule has 3 aliphatic rings. The lowest BCUT2D eigenvalue weighted by Gasteiger charge is -2.20. The zero-order valence-electron chi connectivity index (χ0n) is 23.7. The van der Waals surface area contributed by atoms with Crippen molar-refractivity contribution in [1.82, 2.24) is 20.3 Å². The van der Waals surface area contributed by atoms with Crippen molar-refractivity contribution in [2.75, 3.05) is 13.7 Å². The Labute approximate surface area is 269 Å². The number of rotatable bonds is 10. The predicted octanol–water partition coefficient (Wildman–Crippen LogP) is 3.59. The lowest BCUT2D eigenvalue weighted by atomic mass is 10.1. The minimum Gasteiger partial charge on any atom is -0.497 e. The van der Waals surface area contributed by atoms with Crippen molar-refractivity contribution in [3.05, 3.63) is 48.5 Å². The van der Waals surface area contributed by atoms with Crippen molar-refractivity contribution in [1.29, 1.82) is 0 Å². The smallest absolute Gasteiger partial charge is 0.497 e. The normalized spacial score (nSPS) is 24.6. The van der Waals surface area contributed by atoms with Gasteiger partial charge in [-0.15, -0.1) is 13.2 Å². The van der Waals surface area contributed by atoms with Crippen LogP contribution in [0.5, 0.6) is 17.4 Å². The van der Waals surface area contributed by atoms with Gasteiger partial charge >= 0.3 is 6.36 Å². The molecule has 0 bridgehead atoms. The minimum absolute atomic E-state index is 0.239. The molecule has 2 heterocycles. The van der Waals surface area contributed by atoms with Crippen LogP contribution in [0.25, 0.3) is 22.0 Å². The van der Waals surface area contributed by atoms with E-state index in [0.29, 0.717) is 47.0 Å². The van der Waals surface area contributed by atoms with Crippen LogP contribution in [-0.2, 0) is 19.6 Å². The molecule has 2 aliphatic carbocycles. The molecule has 1 aromatic heterocycles. The monoisotopic (exact) mass is 760 g/mol. The maximum atomic E-state index is 13.2. The molecule has 3 fully saturated rings. The average Bonchev–Trinajstić information content (AvgIpc) is 3.89. The maximum Gasteiger partial charge on any atom is 0.573 e. The Morgan fingerprint density at radius 3 is 2.40 bits per heavy atom. The van der Waals surface area contributed by atoms with E-state index in [9.17, 15) is 31.2 Å². The van der Waals surface area contributed by atoms with Crippen LogP contribution < -0.4 is 29.6 Å². The number of pyridine rings is 1. The number of aromatic nitrogens is 1. The number of fused-ring (bicyclic) bond motifs is 1. The first-order valence-corrected chi connectivity index (χ1v) is 16.8. The zero-order valence-corrected chi connectivity index (χ0v) is 26.7. The van der Waals surface area contributed by atoms with Crippen molar-refractivity contribution < 1.29 is 45.4 Å². The van der Waals surface area contributed by atoms with Crippen LogP contribution in [0.15, 0.2) is 48.5 Å². The topological polar surface area (TPSA) is 145 Å². The summed E-state index contributed by atoms with van der Waals surface area (Å²) >= 11 is 2.02. The molecule has 6 rings (SSSR count). The number of alkyl halides is 4. The quantitative estimate of drug-likeness (QED) is 0.209. The minimum atomic E-state index is -4.81. The number of amides is 2. The summed E-state index contributed by atoms with van der Waals surface area (Å²) in [7, 11) is -2.24. The number of carbonyl (C=O) groups excluding carboxylic acids is 2. The summed E-state index contributed by atoms with van der Waals surface area (Å²) in [5.74, 6) is -0.708. The number of hydrogen-bond donors (Lipinski definition) is 3. The molecule has 1 aliphatic heterocycles. The average molecular weight is 761 g/mol. The molecule has 4 atom stereocenters. The summed E-state index contributed by atoms with van der Waals surface area (Å²) in [4.78, 5) is 30.8. The molecule has 45 heavy (non-hydrogen) atoms. The van der Waals surface area contributed by atoms with Gasteiger partial charge in [-0.1, -0.05) is 22.6 Å². The van der Waals surface area contributed by atoms with Gasteiger partial charge in [-0.2, -0.15) is 0 Å². The molecule has 2 aromatic carbocycles. The van der Waals surface area contributed by atoms with Gasteiger partial charge in [0.15, 0.2) is 0 Å². The first-order chi connectivity index (χ1) is 21.3. The number of benzene rings is 2. The van der Waals surface area contributed by atoms with Gasteiger partial charge in [0.2, 0.25) is 21.8 Å². The SMILES string of the molecule is COc1ccc2c(O[C@H]3CN[C@H](C(=O)N[C@]4(C(=O)NS(=O)(=O)C5CC5)C[C@H]4I)C3)nc(-c3ccc(OC(F)(F)F)cc3)cc2c1. The van der Waals surface area contributed by atoms with Gasteiger partial charge in [0.05, 0.1) is 24.1 Å². The number of nitrogens with one attached hydrogen (secondary N) is 3. The van der Waals surface area contributed by atoms with E-state index in [2.05, 4.69) is 25.1 Å². The highest BCUT2D eigenvalue weighted by atomic mass is 127. The van der Waals surface area contributed by atoms with E-state index < -0.39 is 51.1 Å². The number of hydrogen-bond acceptors (Lipinski definition) is 9. The number of carbonyl (C=O) groups is 2. The van der Waals surface area contributed by atoms with E-state index in [-0.39, 0.29) is 28.5 Å². The Kier molecular flexibility index (Phi) is 8.26. The van der Waals surface area contributed by atoms with Gasteiger partial charge in [-0.05, 0) is 73.2 Å². The summed E-state index contributed by atoms with van der Waals surface area (Å²) in [6.07, 6.45) is -3.74. The van der Waals surface area contributed by atoms with Crippen molar-refractivity contribution in [2.45, 2.75) is 58.9 Å². The van der Waals surface area contributed by atoms with Gasteiger partial charge in [-0.3, -0.25) is 14.3 Å². The van der Waals surface area contributed by atoms with E-state index in [4.69, 9.17) is 9.47 Å². The lowest BCUT2D eigenvalue weighted by Crippen LogP contribution is -2.55. The van der Waals surface area contributed by atoms with Crippen molar-refractivity contribution in [2.24, 2.45) is 0 Å². The molecule has 1 saturated heterocycles. The highest BCUT2D eigenvalue weighted by Gasteiger charge is 2.61. The van der Waals surface area contributed by atoms with Crippen LogP contribution in [0.4, 0.5) is 13.2 Å². The fourth-order valence-corrected chi connectivity index (χ4v) is 7.68. The lowest BCUT2D eigenvalue weighted by molar-refractivity contribution is -0.274. The van der Waals surface area contributed by atoms with Gasteiger partial charge in [0.1, 0.15) is 23.1 Å². The summed E-state index contributed by atoms with van der Waals surface area (Å²) in [6.45, 7) is 0.286. The molecule has 0 spiro atoms. The molecule has 2 saturated carbocycles. The van der Waals surface area contributed by atoms with E-state index in [0.717, 1.165) is 0 Å². The third kappa shape index (κ3) is 6.91. The van der Waals surface area contributed by atoms with Crippen LogP contribution in [0.2, 0.25) is 0 Å². The largest absolute Gasteiger partial charge is 0.573 e. The highest BCUT2D eigenvalue weighted by molar-refractivity contribution is 14.1. The molecule has 240 valence electrons. The van der Waals surface area contributed by atoms with E-state index in [1.54, 1.807) is 24.3 Å². The molecule has 0 unspecified atom stereocenters. The molecule has 2 amide bonds. The Morgan fingerprint density at radius 1 is 1.09 bits per heavy atom. The third-order valence-electron chi connectivity index (χ3n) is 7.90. The van der Waals surface area contributed by atoms with Crippen molar-refractivity contribution in [3.8, 4) is 28.6 Å². The van der Waals surface area contributed by atoms with Crippen LogP contribution >= 0.6 is 22.6 Å². The molecule has 0 radical (unpaired) electrons. The van der Waals surface area contributed by atoms with Crippen LogP contribution in [0, 0.1) is 0 Å². The fourth-order valence-electron chi connectivity index (χ4n) is 5.18. The molecule has 3 N–H and O–H groups in total. The van der Waals surface area contributed by atoms with Crippen molar-refractivity contribution in [3.63, 3.8) is 0 Å². The maximum absolute atomic E-state index is 13.2. The Morgan fingerprint density at radius 2 is 1.78 bits per heavy atom. The summed E-state index contributed by atoms with van der Waals surface area (Å²) < 4.78 is 80.0. The standard InChI is InChI=1S/C29H28F3IN4O7S/c1-42-18-6-9-21-16(10-18)11-22(15-2-4-17(5-3-15)44-29(30,31)32)35-26(21)43-19-12-23(34-14-19)25(38)36-28(13-24(28)33)27(39)37-45(40,41)20-7-8-20/h2-6,9-11,19-20,23-24,34H,7-8,12-14H2,1H3,(H,36,38)(H,37,39)/t19-,23+,24-,28-/m1/s1.